The first-order valence-corrected chi connectivity index (χ1v) is 17.3. The van der Waals surface area contributed by atoms with Gasteiger partial charge in [0.25, 0.3) is 0 Å². The van der Waals surface area contributed by atoms with E-state index in [4.69, 9.17) is 11.5 Å². The summed E-state index contributed by atoms with van der Waals surface area (Å²) in [5.74, 6) is -0.886. The number of rotatable bonds is 14. The lowest BCUT2D eigenvalue weighted by atomic mass is 9.72. The molecular formula is C43H62N2O2. The number of nitrogens with two attached hydrogens (primary N) is 2. The van der Waals surface area contributed by atoms with Crippen LogP contribution < -0.4 is 11.5 Å². The molecule has 0 fully saturated rings. The monoisotopic (exact) mass is 638 g/mol. The Bertz CT molecular complexity index is 1370. The minimum atomic E-state index is -1.71. The molecule has 0 spiro atoms. The molecule has 47 heavy (non-hydrogen) atoms. The van der Waals surface area contributed by atoms with Crippen molar-refractivity contribution < 1.29 is 9.59 Å². The Morgan fingerprint density at radius 3 is 1.40 bits per heavy atom. The third kappa shape index (κ3) is 12.0. The second-order valence-corrected chi connectivity index (χ2v) is 15.1. The highest BCUT2D eigenvalue weighted by molar-refractivity contribution is 6.19. The number of carbonyl (C=O) groups is 2. The molecule has 0 radical (unpaired) electrons. The highest BCUT2D eigenvalue weighted by atomic mass is 16.2. The lowest BCUT2D eigenvalue weighted by molar-refractivity contribution is -0.129. The predicted molar refractivity (Wildman–Crippen MR) is 203 cm³/mol. The van der Waals surface area contributed by atoms with E-state index >= 15 is 0 Å². The summed E-state index contributed by atoms with van der Waals surface area (Å²) in [6, 6.07) is 0. The maximum Gasteiger partial charge on any atom is 0.183 e. The summed E-state index contributed by atoms with van der Waals surface area (Å²) in [7, 11) is 0. The third-order valence-electron chi connectivity index (χ3n) is 9.68. The van der Waals surface area contributed by atoms with Crippen LogP contribution in [-0.2, 0) is 9.59 Å². The Hall–Kier alpha value is -3.34. The van der Waals surface area contributed by atoms with Gasteiger partial charge in [-0.3, -0.25) is 9.59 Å². The normalized spacial score (nSPS) is 21.5. The molecule has 0 atom stereocenters. The van der Waals surface area contributed by atoms with Gasteiger partial charge in [-0.05, 0) is 138 Å². The van der Waals surface area contributed by atoms with Crippen molar-refractivity contribution in [2.24, 2.45) is 22.3 Å². The second kappa shape index (κ2) is 17.7. The van der Waals surface area contributed by atoms with Crippen LogP contribution in [0.4, 0.5) is 0 Å². The Morgan fingerprint density at radius 1 is 0.681 bits per heavy atom. The van der Waals surface area contributed by atoms with Gasteiger partial charge in [-0.25, -0.2) is 0 Å². The standard InChI is InChI=1S/C43H62N2O2/c1-31(21-23-37-35(5)19-13-25-41(37,7)8)15-11-17-33(3)29-39(46)43(45,27-28-44)40(47)30-34(4)18-12-16-32(2)22-24-38-36(6)20-14-26-42(38,9)10/h11-12,15-18,21-24,29-30H,13-14,19-20,25-28,44-45H2,1-10H3/b17-11+,18-12+,23-21+,24-22+,31-15+,32-16+,33-29+,34-30+. The van der Waals surface area contributed by atoms with Crippen LogP contribution in [0.15, 0.2) is 117 Å². The quantitative estimate of drug-likeness (QED) is 0.113. The van der Waals surface area contributed by atoms with Crippen LogP contribution in [0, 0.1) is 10.8 Å². The van der Waals surface area contributed by atoms with Crippen LogP contribution in [0.1, 0.15) is 114 Å². The molecule has 0 bridgehead atoms. The van der Waals surface area contributed by atoms with Gasteiger partial charge in [-0.1, -0.05) is 111 Å². The van der Waals surface area contributed by atoms with Gasteiger partial charge in [0, 0.05) is 0 Å². The number of carbonyl (C=O) groups excluding carboxylic acids is 2. The molecule has 2 aliphatic rings. The van der Waals surface area contributed by atoms with Crippen molar-refractivity contribution in [1.29, 1.82) is 0 Å². The zero-order valence-electron chi connectivity index (χ0n) is 31.1. The van der Waals surface area contributed by atoms with Gasteiger partial charge >= 0.3 is 0 Å². The summed E-state index contributed by atoms with van der Waals surface area (Å²) in [4.78, 5) is 26.6. The first-order chi connectivity index (χ1) is 21.9. The van der Waals surface area contributed by atoms with Gasteiger partial charge in [-0.15, -0.1) is 0 Å². The zero-order chi connectivity index (χ0) is 35.4. The largest absolute Gasteiger partial charge is 0.330 e. The maximum absolute atomic E-state index is 13.3. The van der Waals surface area contributed by atoms with E-state index in [2.05, 4.69) is 79.7 Å². The molecule has 0 aromatic carbocycles. The highest BCUT2D eigenvalue weighted by Gasteiger charge is 2.38. The number of hydrogen-bond acceptors (Lipinski definition) is 4. The smallest absolute Gasteiger partial charge is 0.183 e. The molecule has 0 amide bonds. The highest BCUT2D eigenvalue weighted by Crippen LogP contribution is 2.41. The van der Waals surface area contributed by atoms with E-state index in [-0.39, 0.29) is 23.8 Å². The Kier molecular flexibility index (Phi) is 15.0. The molecule has 4 N–H and O–H groups in total. The molecule has 4 nitrogen and oxygen atoms in total. The van der Waals surface area contributed by atoms with E-state index in [1.165, 1.54) is 60.1 Å². The molecule has 0 saturated heterocycles. The lowest BCUT2D eigenvalue weighted by Crippen LogP contribution is -2.55. The topological polar surface area (TPSA) is 86.2 Å². The predicted octanol–water partition coefficient (Wildman–Crippen LogP) is 10.2. The van der Waals surface area contributed by atoms with E-state index in [0.717, 1.165) is 24.0 Å². The average Bonchev–Trinajstić information content (AvgIpc) is 2.95. The number of allylic oxidation sites excluding steroid dienone is 18. The van der Waals surface area contributed by atoms with Gasteiger partial charge in [0.05, 0.1) is 0 Å². The van der Waals surface area contributed by atoms with Crippen molar-refractivity contribution in [2.75, 3.05) is 6.54 Å². The fourth-order valence-corrected chi connectivity index (χ4v) is 6.63. The number of hydrogen-bond donors (Lipinski definition) is 2. The molecule has 4 heteroatoms. The molecular weight excluding hydrogens is 576 g/mol. The van der Waals surface area contributed by atoms with Gasteiger partial charge in [0.1, 0.15) is 5.54 Å². The van der Waals surface area contributed by atoms with E-state index in [9.17, 15) is 9.59 Å². The Morgan fingerprint density at radius 2 is 1.06 bits per heavy atom. The SMILES string of the molecule is CC1=C(/C=C/C(C)=C/C=C/C(C)=C/C(=O)C(N)(CCN)C(=O)/C=C(C)/C=C/C=C(C)/C=C/C2=C(C)CCCC2(C)C)C(C)(C)CCC1. The summed E-state index contributed by atoms with van der Waals surface area (Å²) < 4.78 is 0. The minimum Gasteiger partial charge on any atom is -0.330 e. The van der Waals surface area contributed by atoms with Crippen LogP contribution in [0.3, 0.4) is 0 Å². The van der Waals surface area contributed by atoms with Gasteiger partial charge < -0.3 is 11.5 Å². The number of ketones is 2. The molecule has 0 heterocycles. The van der Waals surface area contributed by atoms with Gasteiger partial charge in [0.2, 0.25) is 0 Å². The van der Waals surface area contributed by atoms with Crippen molar-refractivity contribution in [3.63, 3.8) is 0 Å². The first-order valence-electron chi connectivity index (χ1n) is 17.3. The third-order valence-corrected chi connectivity index (χ3v) is 9.68. The zero-order valence-corrected chi connectivity index (χ0v) is 31.1. The first kappa shape index (κ1) is 39.8. The lowest BCUT2D eigenvalue weighted by Gasteiger charge is -2.33. The van der Waals surface area contributed by atoms with E-state index < -0.39 is 17.1 Å². The van der Waals surface area contributed by atoms with Crippen molar-refractivity contribution >= 4 is 11.6 Å². The molecule has 0 unspecified atom stereocenters. The minimum absolute atomic E-state index is 0.0660. The van der Waals surface area contributed by atoms with Crippen molar-refractivity contribution in [1.82, 2.24) is 0 Å². The second-order valence-electron chi connectivity index (χ2n) is 15.1. The van der Waals surface area contributed by atoms with Crippen LogP contribution in [-0.4, -0.2) is 23.7 Å². The molecule has 0 aromatic rings. The van der Waals surface area contributed by atoms with Crippen molar-refractivity contribution in [3.05, 3.63) is 117 Å². The molecule has 0 saturated carbocycles. The van der Waals surface area contributed by atoms with E-state index in [0.29, 0.717) is 11.1 Å². The average molecular weight is 639 g/mol. The van der Waals surface area contributed by atoms with Crippen LogP contribution in [0.25, 0.3) is 0 Å². The molecule has 2 aliphatic carbocycles. The van der Waals surface area contributed by atoms with Crippen molar-refractivity contribution in [3.8, 4) is 0 Å². The van der Waals surface area contributed by atoms with E-state index in [1.807, 2.05) is 50.3 Å². The Labute approximate surface area is 286 Å². The van der Waals surface area contributed by atoms with E-state index in [1.54, 1.807) is 0 Å². The summed E-state index contributed by atoms with van der Waals surface area (Å²) in [6.07, 6.45) is 30.6. The van der Waals surface area contributed by atoms with Gasteiger partial charge in [-0.2, -0.15) is 0 Å². The van der Waals surface area contributed by atoms with Crippen LogP contribution in [0.2, 0.25) is 0 Å². The summed E-state index contributed by atoms with van der Waals surface area (Å²) in [5.41, 5.74) is 20.4. The molecule has 256 valence electrons. The summed E-state index contributed by atoms with van der Waals surface area (Å²) in [6.45, 7) is 21.7. The molecule has 2 rings (SSSR count). The fourth-order valence-electron chi connectivity index (χ4n) is 6.63. The fraction of sp³-hybridized carbons (Fsp3) is 0.488. The molecule has 0 aromatic heterocycles. The van der Waals surface area contributed by atoms with Crippen molar-refractivity contribution in [2.45, 2.75) is 120 Å². The summed E-state index contributed by atoms with van der Waals surface area (Å²) in [5, 5.41) is 0. The molecule has 0 aliphatic heterocycles. The van der Waals surface area contributed by atoms with Gasteiger partial charge in [0.15, 0.2) is 11.6 Å². The van der Waals surface area contributed by atoms with Crippen LogP contribution in [0.5, 0.6) is 0 Å². The summed E-state index contributed by atoms with van der Waals surface area (Å²) >= 11 is 0. The Balaban J connectivity index is 2.11. The van der Waals surface area contributed by atoms with Crippen LogP contribution >= 0.6 is 0 Å². The maximum atomic E-state index is 13.3.